The molecule has 0 aliphatic rings. The molecule has 6 heteroatoms. The highest BCUT2D eigenvalue weighted by Gasteiger charge is 2.14. The van der Waals surface area contributed by atoms with Crippen molar-refractivity contribution in [2.75, 3.05) is 6.61 Å². The zero-order chi connectivity index (χ0) is 15.2. The summed E-state index contributed by atoms with van der Waals surface area (Å²) in [6.07, 6.45) is 2.45. The van der Waals surface area contributed by atoms with Gasteiger partial charge in [0.15, 0.2) is 18.9 Å². The molecular weight excluding hydrogens is 338 g/mol. The monoisotopic (exact) mass is 352 g/mol. The number of benzene rings is 1. The van der Waals surface area contributed by atoms with Crippen molar-refractivity contribution in [3.05, 3.63) is 58.8 Å². The summed E-state index contributed by atoms with van der Waals surface area (Å²) in [7, 11) is 0. The molecule has 0 radical (unpaired) electrons. The van der Waals surface area contributed by atoms with E-state index in [9.17, 15) is 9.90 Å². The molecule has 21 heavy (non-hydrogen) atoms. The van der Waals surface area contributed by atoms with Gasteiger partial charge in [0.05, 0.1) is 0 Å². The van der Waals surface area contributed by atoms with Crippen LogP contribution in [0.1, 0.15) is 10.4 Å². The molecule has 1 atom stereocenters. The number of aromatic carboxylic acids is 1. The Morgan fingerprint density at radius 1 is 1.29 bits per heavy atom. The van der Waals surface area contributed by atoms with Crippen LogP contribution in [-0.2, 0) is 6.54 Å². The number of halogens is 1. The lowest BCUT2D eigenvalue weighted by molar-refractivity contribution is -0.703. The van der Waals surface area contributed by atoms with E-state index in [1.807, 2.05) is 12.1 Å². The fourth-order valence-corrected chi connectivity index (χ4v) is 2.05. The summed E-state index contributed by atoms with van der Waals surface area (Å²) in [6, 6.07) is 10.4. The van der Waals surface area contributed by atoms with E-state index in [-0.39, 0.29) is 18.7 Å². The van der Waals surface area contributed by atoms with Gasteiger partial charge in [-0.25, -0.2) is 9.36 Å². The largest absolute Gasteiger partial charge is 0.491 e. The lowest BCUT2D eigenvalue weighted by atomic mass is 10.3. The van der Waals surface area contributed by atoms with Crippen molar-refractivity contribution < 1.29 is 24.3 Å². The Hall–Kier alpha value is -1.92. The van der Waals surface area contributed by atoms with Crippen molar-refractivity contribution in [3.8, 4) is 5.75 Å². The van der Waals surface area contributed by atoms with E-state index in [2.05, 4.69) is 15.9 Å². The third kappa shape index (κ3) is 4.84. The van der Waals surface area contributed by atoms with Crippen LogP contribution in [0.4, 0.5) is 0 Å². The Morgan fingerprint density at radius 3 is 2.67 bits per heavy atom. The normalized spacial score (nSPS) is 11.9. The van der Waals surface area contributed by atoms with E-state index in [0.29, 0.717) is 5.75 Å². The fraction of sp³-hybridized carbons (Fsp3) is 0.200. The lowest BCUT2D eigenvalue weighted by Gasteiger charge is -2.10. The molecule has 0 unspecified atom stereocenters. The standard InChI is InChI=1S/C15H14BrNO4/c16-12-3-5-14(6-4-12)21-10-13(18)9-17-7-1-2-11(8-17)15(19)20/h1-8,13,18H,9-10H2/p+1/t13-/m1/s1. The summed E-state index contributed by atoms with van der Waals surface area (Å²) in [5.74, 6) is -0.327. The molecule has 0 saturated carbocycles. The molecule has 0 amide bonds. The maximum atomic E-state index is 10.9. The lowest BCUT2D eigenvalue weighted by Crippen LogP contribution is -2.42. The first-order valence-electron chi connectivity index (χ1n) is 6.33. The zero-order valence-corrected chi connectivity index (χ0v) is 12.7. The van der Waals surface area contributed by atoms with Crippen molar-refractivity contribution >= 4 is 21.9 Å². The Kier molecular flexibility index (Phi) is 5.30. The fourth-order valence-electron chi connectivity index (χ4n) is 1.78. The average Bonchev–Trinajstić information content (AvgIpc) is 2.47. The Bertz CT molecular complexity index is 615. The van der Waals surface area contributed by atoms with Crippen LogP contribution in [0.5, 0.6) is 5.75 Å². The van der Waals surface area contributed by atoms with Crippen LogP contribution in [0.3, 0.4) is 0 Å². The van der Waals surface area contributed by atoms with Gasteiger partial charge >= 0.3 is 5.97 Å². The number of carboxylic acids is 1. The van der Waals surface area contributed by atoms with E-state index in [4.69, 9.17) is 9.84 Å². The first-order valence-corrected chi connectivity index (χ1v) is 7.13. The average molecular weight is 353 g/mol. The van der Waals surface area contributed by atoms with Crippen molar-refractivity contribution in [3.63, 3.8) is 0 Å². The molecule has 0 aliphatic heterocycles. The highest BCUT2D eigenvalue weighted by Crippen LogP contribution is 2.16. The van der Waals surface area contributed by atoms with Gasteiger partial charge in [-0.1, -0.05) is 15.9 Å². The highest BCUT2D eigenvalue weighted by molar-refractivity contribution is 9.10. The van der Waals surface area contributed by atoms with Crippen molar-refractivity contribution in [2.24, 2.45) is 0 Å². The molecule has 2 aromatic rings. The van der Waals surface area contributed by atoms with Crippen molar-refractivity contribution in [1.82, 2.24) is 0 Å². The SMILES string of the molecule is O=C(O)c1ccc[n+](C[C@@H](O)COc2ccc(Br)cc2)c1. The number of carbonyl (C=O) groups is 1. The first-order chi connectivity index (χ1) is 10.0. The van der Waals surface area contributed by atoms with Crippen LogP contribution < -0.4 is 9.30 Å². The number of aromatic nitrogens is 1. The number of aliphatic hydroxyl groups is 1. The predicted octanol–water partition coefficient (Wildman–Crippen LogP) is 1.87. The molecule has 0 saturated heterocycles. The molecule has 0 aliphatic carbocycles. The quantitative estimate of drug-likeness (QED) is 0.778. The van der Waals surface area contributed by atoms with Crippen LogP contribution in [0.25, 0.3) is 0 Å². The third-order valence-electron chi connectivity index (χ3n) is 2.78. The topological polar surface area (TPSA) is 70.6 Å². The number of hydrogen-bond donors (Lipinski definition) is 2. The molecule has 5 nitrogen and oxygen atoms in total. The molecular formula is C15H15BrNO4+. The van der Waals surface area contributed by atoms with Gasteiger partial charge in [-0.05, 0) is 30.3 Å². The highest BCUT2D eigenvalue weighted by atomic mass is 79.9. The van der Waals surface area contributed by atoms with Gasteiger partial charge in [0.2, 0.25) is 0 Å². The van der Waals surface area contributed by atoms with E-state index in [1.165, 1.54) is 12.3 Å². The van der Waals surface area contributed by atoms with Gasteiger partial charge < -0.3 is 14.9 Å². The molecule has 1 aromatic heterocycles. The minimum atomic E-state index is -0.995. The van der Waals surface area contributed by atoms with E-state index in [1.54, 1.807) is 29.0 Å². The summed E-state index contributed by atoms with van der Waals surface area (Å²) >= 11 is 3.33. The molecule has 1 aromatic carbocycles. The second-order valence-electron chi connectivity index (χ2n) is 4.51. The molecule has 110 valence electrons. The van der Waals surface area contributed by atoms with Crippen LogP contribution in [0, 0.1) is 0 Å². The predicted molar refractivity (Wildman–Crippen MR) is 79.2 cm³/mol. The number of carboxylic acid groups (broad SMARTS) is 1. The van der Waals surface area contributed by atoms with Gasteiger partial charge in [-0.2, -0.15) is 0 Å². The molecule has 0 spiro atoms. The minimum absolute atomic E-state index is 0.131. The van der Waals surface area contributed by atoms with Crippen LogP contribution in [0.2, 0.25) is 0 Å². The Balaban J connectivity index is 1.89. The smallest absolute Gasteiger partial charge is 0.341 e. The van der Waals surface area contributed by atoms with Crippen molar-refractivity contribution in [1.29, 1.82) is 0 Å². The molecule has 2 N–H and O–H groups in total. The van der Waals surface area contributed by atoms with E-state index in [0.717, 1.165) is 4.47 Å². The van der Waals surface area contributed by atoms with Gasteiger partial charge in [0, 0.05) is 10.5 Å². The molecule has 2 rings (SSSR count). The second kappa shape index (κ2) is 7.19. The molecule has 1 heterocycles. The van der Waals surface area contributed by atoms with Gasteiger partial charge in [-0.3, -0.25) is 0 Å². The van der Waals surface area contributed by atoms with Gasteiger partial charge in [-0.15, -0.1) is 0 Å². The Labute approximate surface area is 130 Å². The number of nitrogens with zero attached hydrogens (tertiary/aromatic N) is 1. The molecule has 0 fully saturated rings. The summed E-state index contributed by atoms with van der Waals surface area (Å²) in [4.78, 5) is 10.9. The number of pyridine rings is 1. The molecule has 0 bridgehead atoms. The van der Waals surface area contributed by atoms with E-state index >= 15 is 0 Å². The van der Waals surface area contributed by atoms with Crippen LogP contribution in [-0.4, -0.2) is 28.9 Å². The van der Waals surface area contributed by atoms with Gasteiger partial charge in [0.25, 0.3) is 0 Å². The zero-order valence-electron chi connectivity index (χ0n) is 11.1. The number of aliphatic hydroxyl groups excluding tert-OH is 1. The number of rotatable bonds is 6. The summed E-state index contributed by atoms with van der Waals surface area (Å²) in [5, 5.41) is 18.9. The maximum Gasteiger partial charge on any atom is 0.341 e. The maximum absolute atomic E-state index is 10.9. The van der Waals surface area contributed by atoms with E-state index < -0.39 is 12.1 Å². The number of hydrogen-bond acceptors (Lipinski definition) is 3. The minimum Gasteiger partial charge on any atom is -0.491 e. The van der Waals surface area contributed by atoms with Crippen LogP contribution in [0.15, 0.2) is 53.3 Å². The summed E-state index contributed by atoms with van der Waals surface area (Å²) in [6.45, 7) is 0.392. The Morgan fingerprint density at radius 2 is 2.00 bits per heavy atom. The second-order valence-corrected chi connectivity index (χ2v) is 5.43. The van der Waals surface area contributed by atoms with Crippen LogP contribution >= 0.6 is 15.9 Å². The van der Waals surface area contributed by atoms with Gasteiger partial charge in [0.1, 0.15) is 24.0 Å². The summed E-state index contributed by atoms with van der Waals surface area (Å²) in [5.41, 5.74) is 0.179. The first kappa shape index (κ1) is 15.5. The number of ether oxygens (including phenoxy) is 1. The summed E-state index contributed by atoms with van der Waals surface area (Å²) < 4.78 is 8.05. The van der Waals surface area contributed by atoms with Crippen molar-refractivity contribution in [2.45, 2.75) is 12.6 Å². The third-order valence-corrected chi connectivity index (χ3v) is 3.31.